The molecule has 0 aliphatic carbocycles. The van der Waals surface area contributed by atoms with Gasteiger partial charge in [0, 0.05) is 17.1 Å². The Morgan fingerprint density at radius 3 is 2.85 bits per heavy atom. The highest BCUT2D eigenvalue weighted by molar-refractivity contribution is 6.30. The van der Waals surface area contributed by atoms with Gasteiger partial charge in [-0.25, -0.2) is 4.79 Å². The van der Waals surface area contributed by atoms with Gasteiger partial charge in [-0.3, -0.25) is 0 Å². The zero-order chi connectivity index (χ0) is 14.5. The molecular formula is C14H14ClNO4. The lowest BCUT2D eigenvalue weighted by atomic mass is 10.2. The predicted octanol–water partition coefficient (Wildman–Crippen LogP) is 3.34. The van der Waals surface area contributed by atoms with Crippen molar-refractivity contribution >= 4 is 23.3 Å². The van der Waals surface area contributed by atoms with E-state index < -0.39 is 5.97 Å². The van der Waals surface area contributed by atoms with Crippen molar-refractivity contribution in [2.24, 2.45) is 0 Å². The lowest BCUT2D eigenvalue weighted by molar-refractivity contribution is 0.0563. The van der Waals surface area contributed by atoms with E-state index in [2.05, 4.69) is 10.1 Å². The number of esters is 1. The monoisotopic (exact) mass is 295 g/mol. The molecule has 6 heteroatoms. The fourth-order valence-corrected chi connectivity index (χ4v) is 1.93. The molecule has 2 rings (SSSR count). The first kappa shape index (κ1) is 14.3. The normalized spacial score (nSPS) is 10.2. The summed E-state index contributed by atoms with van der Waals surface area (Å²) in [6.07, 6.45) is 1.44. The predicted molar refractivity (Wildman–Crippen MR) is 75.4 cm³/mol. The van der Waals surface area contributed by atoms with E-state index in [4.69, 9.17) is 20.8 Å². The summed E-state index contributed by atoms with van der Waals surface area (Å²) in [5.74, 6) is 0.336. The van der Waals surface area contributed by atoms with Gasteiger partial charge in [0.15, 0.2) is 0 Å². The quantitative estimate of drug-likeness (QED) is 0.857. The zero-order valence-electron chi connectivity index (χ0n) is 11.1. The minimum Gasteiger partial charge on any atom is -0.495 e. The largest absolute Gasteiger partial charge is 0.495 e. The second-order valence-electron chi connectivity index (χ2n) is 3.96. The molecular weight excluding hydrogens is 282 g/mol. The molecule has 5 nitrogen and oxygen atoms in total. The fourth-order valence-electron chi connectivity index (χ4n) is 1.76. The summed E-state index contributed by atoms with van der Waals surface area (Å²) in [4.78, 5) is 11.5. The first-order valence-corrected chi connectivity index (χ1v) is 6.25. The Bertz CT molecular complexity index is 609. The number of hydrogen-bond acceptors (Lipinski definition) is 5. The smallest absolute Gasteiger partial charge is 0.374 e. The molecule has 106 valence electrons. The van der Waals surface area contributed by atoms with Crippen LogP contribution in [0.15, 0.2) is 34.9 Å². The van der Waals surface area contributed by atoms with Crippen molar-refractivity contribution in [3.05, 3.63) is 46.9 Å². The van der Waals surface area contributed by atoms with Gasteiger partial charge in [0.2, 0.25) is 5.76 Å². The maximum absolute atomic E-state index is 11.5. The average Bonchev–Trinajstić information content (AvgIpc) is 2.92. The molecule has 0 fully saturated rings. The Hall–Kier alpha value is -2.14. The van der Waals surface area contributed by atoms with Gasteiger partial charge in [-0.15, -0.1) is 0 Å². The third-order valence-corrected chi connectivity index (χ3v) is 2.98. The molecule has 20 heavy (non-hydrogen) atoms. The van der Waals surface area contributed by atoms with Crippen LogP contribution in [0.2, 0.25) is 5.02 Å². The van der Waals surface area contributed by atoms with Crippen molar-refractivity contribution in [1.29, 1.82) is 0 Å². The molecule has 1 heterocycles. The molecule has 0 amide bonds. The first-order valence-electron chi connectivity index (χ1n) is 5.87. The van der Waals surface area contributed by atoms with Crippen LogP contribution in [0.4, 0.5) is 5.69 Å². The molecule has 0 unspecified atom stereocenters. The van der Waals surface area contributed by atoms with Crippen molar-refractivity contribution in [2.75, 3.05) is 19.5 Å². The number of anilines is 1. The van der Waals surface area contributed by atoms with Crippen LogP contribution in [0.5, 0.6) is 5.75 Å². The number of hydrogen-bond donors (Lipinski definition) is 1. The van der Waals surface area contributed by atoms with Crippen LogP contribution in [0.1, 0.15) is 16.1 Å². The van der Waals surface area contributed by atoms with Crippen molar-refractivity contribution in [2.45, 2.75) is 6.54 Å². The summed E-state index contributed by atoms with van der Waals surface area (Å²) in [5, 5.41) is 3.74. The van der Waals surface area contributed by atoms with E-state index in [0.717, 1.165) is 5.69 Å². The van der Waals surface area contributed by atoms with Gasteiger partial charge in [0.25, 0.3) is 0 Å². The van der Waals surface area contributed by atoms with Crippen molar-refractivity contribution in [3.63, 3.8) is 0 Å². The van der Waals surface area contributed by atoms with Crippen molar-refractivity contribution in [1.82, 2.24) is 0 Å². The van der Waals surface area contributed by atoms with E-state index in [-0.39, 0.29) is 5.76 Å². The molecule has 0 bridgehead atoms. The summed E-state index contributed by atoms with van der Waals surface area (Å²) in [6, 6.07) is 6.96. The lowest BCUT2D eigenvalue weighted by Gasteiger charge is -2.11. The van der Waals surface area contributed by atoms with E-state index in [1.54, 1.807) is 31.4 Å². The van der Waals surface area contributed by atoms with Gasteiger partial charge >= 0.3 is 5.97 Å². The summed E-state index contributed by atoms with van der Waals surface area (Å²) in [6.45, 7) is 0.387. The Morgan fingerprint density at radius 1 is 1.35 bits per heavy atom. The third kappa shape index (κ3) is 3.05. The number of methoxy groups -OCH3 is 2. The summed E-state index contributed by atoms with van der Waals surface area (Å²) >= 11 is 5.95. The number of halogens is 1. The van der Waals surface area contributed by atoms with Crippen LogP contribution >= 0.6 is 11.6 Å². The second kappa shape index (κ2) is 6.34. The Balaban J connectivity index is 2.15. The zero-order valence-corrected chi connectivity index (χ0v) is 11.9. The highest BCUT2D eigenvalue weighted by Crippen LogP contribution is 2.28. The van der Waals surface area contributed by atoms with E-state index in [0.29, 0.717) is 22.9 Å². The Labute approximate surface area is 121 Å². The van der Waals surface area contributed by atoms with Crippen LogP contribution < -0.4 is 10.1 Å². The number of furan rings is 1. The van der Waals surface area contributed by atoms with Crippen molar-refractivity contribution < 1.29 is 18.7 Å². The molecule has 0 spiro atoms. The van der Waals surface area contributed by atoms with Gasteiger partial charge in [-0.05, 0) is 24.3 Å². The van der Waals surface area contributed by atoms with Crippen molar-refractivity contribution in [3.8, 4) is 5.75 Å². The van der Waals surface area contributed by atoms with Crippen LogP contribution in [0.3, 0.4) is 0 Å². The highest BCUT2D eigenvalue weighted by Gasteiger charge is 2.15. The minimum atomic E-state index is -0.509. The van der Waals surface area contributed by atoms with E-state index >= 15 is 0 Å². The summed E-state index contributed by atoms with van der Waals surface area (Å²) in [7, 11) is 2.88. The molecule has 0 saturated heterocycles. The average molecular weight is 296 g/mol. The molecule has 0 atom stereocenters. The SMILES string of the molecule is COC(=O)c1occc1CNc1cc(Cl)ccc1OC. The Kier molecular flexibility index (Phi) is 4.53. The van der Waals surface area contributed by atoms with Crippen LogP contribution in [-0.2, 0) is 11.3 Å². The van der Waals surface area contributed by atoms with E-state index in [1.165, 1.54) is 13.4 Å². The molecule has 1 aromatic heterocycles. The third-order valence-electron chi connectivity index (χ3n) is 2.75. The molecule has 1 N–H and O–H groups in total. The molecule has 0 aliphatic rings. The highest BCUT2D eigenvalue weighted by atomic mass is 35.5. The van der Waals surface area contributed by atoms with Gasteiger partial charge in [-0.2, -0.15) is 0 Å². The first-order chi connectivity index (χ1) is 9.65. The number of carbonyl (C=O) groups is 1. The van der Waals surface area contributed by atoms with Gasteiger partial charge in [0.1, 0.15) is 5.75 Å². The van der Waals surface area contributed by atoms with Crippen LogP contribution in [-0.4, -0.2) is 20.2 Å². The maximum atomic E-state index is 11.5. The van der Waals surface area contributed by atoms with Gasteiger partial charge in [0.05, 0.1) is 26.2 Å². The maximum Gasteiger partial charge on any atom is 0.374 e. The molecule has 0 aliphatic heterocycles. The lowest BCUT2D eigenvalue weighted by Crippen LogP contribution is -2.07. The number of carbonyl (C=O) groups excluding carboxylic acids is 1. The standard InChI is InChI=1S/C14H14ClNO4/c1-18-12-4-3-10(15)7-11(12)16-8-9-5-6-20-13(9)14(17)19-2/h3-7,16H,8H2,1-2H3. The second-order valence-corrected chi connectivity index (χ2v) is 4.40. The molecule has 0 radical (unpaired) electrons. The minimum absolute atomic E-state index is 0.181. The molecule has 2 aromatic rings. The summed E-state index contributed by atoms with van der Waals surface area (Å²) in [5.41, 5.74) is 1.43. The van der Waals surface area contributed by atoms with E-state index in [1.807, 2.05) is 0 Å². The fraction of sp³-hybridized carbons (Fsp3) is 0.214. The topological polar surface area (TPSA) is 60.7 Å². The van der Waals surface area contributed by atoms with E-state index in [9.17, 15) is 4.79 Å². The summed E-state index contributed by atoms with van der Waals surface area (Å²) < 4.78 is 15.0. The van der Waals surface area contributed by atoms with Crippen LogP contribution in [0.25, 0.3) is 0 Å². The molecule has 1 aromatic carbocycles. The van der Waals surface area contributed by atoms with Gasteiger partial charge < -0.3 is 19.2 Å². The molecule has 0 saturated carbocycles. The number of rotatable bonds is 5. The number of nitrogens with one attached hydrogen (secondary N) is 1. The Morgan fingerprint density at radius 2 is 2.15 bits per heavy atom. The van der Waals surface area contributed by atoms with Crippen LogP contribution in [0, 0.1) is 0 Å². The van der Waals surface area contributed by atoms with Gasteiger partial charge in [-0.1, -0.05) is 11.6 Å². The number of benzene rings is 1. The number of ether oxygens (including phenoxy) is 2.